The fourth-order valence-corrected chi connectivity index (χ4v) is 2.64. The third-order valence-electron chi connectivity index (χ3n) is 3.92. The van der Waals surface area contributed by atoms with Gasteiger partial charge in [0, 0.05) is 57.1 Å². The Morgan fingerprint density at radius 2 is 2.07 bits per heavy atom. The Kier molecular flexibility index (Phi) is 5.77. The van der Waals surface area contributed by atoms with Gasteiger partial charge in [0.25, 0.3) is 0 Å². The second kappa shape index (κ2) is 8.41. The van der Waals surface area contributed by atoms with Crippen LogP contribution in [-0.4, -0.2) is 43.0 Å². The molecule has 2 aromatic heterocycles. The van der Waals surface area contributed by atoms with Gasteiger partial charge in [0.05, 0.1) is 12.1 Å². The zero-order valence-electron chi connectivity index (χ0n) is 15.3. The van der Waals surface area contributed by atoms with Crippen LogP contribution in [0.1, 0.15) is 6.42 Å². The minimum absolute atomic E-state index is 0.231. The number of fused-ring (bicyclic) bond motifs is 1. The third kappa shape index (κ3) is 4.29. The number of nitrogen functional groups attached to an aromatic ring is 1. The summed E-state index contributed by atoms with van der Waals surface area (Å²) in [4.78, 5) is 16.0. The van der Waals surface area contributed by atoms with Gasteiger partial charge in [-0.1, -0.05) is 0 Å². The first-order chi connectivity index (χ1) is 13.1. The normalized spacial score (nSPS) is 10.7. The molecular formula is C19H22N4O4. The van der Waals surface area contributed by atoms with Crippen LogP contribution < -0.4 is 20.5 Å². The van der Waals surface area contributed by atoms with E-state index in [1.165, 1.54) is 4.57 Å². The lowest BCUT2D eigenvalue weighted by Crippen LogP contribution is -2.23. The topological polar surface area (TPSA) is 101 Å². The number of methoxy groups -OCH3 is 1. The first-order valence-electron chi connectivity index (χ1n) is 8.50. The number of nitrogens with one attached hydrogen (secondary N) is 1. The maximum atomic E-state index is 12.1. The highest BCUT2D eigenvalue weighted by Crippen LogP contribution is 2.36. The van der Waals surface area contributed by atoms with Gasteiger partial charge < -0.3 is 25.3 Å². The Hall–Kier alpha value is -3.26. The number of hydrogen-bond donors (Lipinski definition) is 2. The van der Waals surface area contributed by atoms with E-state index in [1.807, 2.05) is 12.1 Å². The number of pyridine rings is 1. The number of carbonyl (C=O) groups excluding carboxylic acids is 1. The van der Waals surface area contributed by atoms with E-state index in [9.17, 15) is 4.79 Å². The van der Waals surface area contributed by atoms with Crippen molar-refractivity contribution in [2.75, 3.05) is 33.1 Å². The number of hydrogen-bond acceptors (Lipinski definition) is 6. The molecular weight excluding hydrogens is 348 g/mol. The molecule has 142 valence electrons. The average Bonchev–Trinajstić information content (AvgIpc) is 3.07. The maximum Gasteiger partial charge on any atom is 0.325 e. The van der Waals surface area contributed by atoms with Gasteiger partial charge in [-0.2, -0.15) is 0 Å². The minimum Gasteiger partial charge on any atom is -0.490 e. The molecule has 2 heterocycles. The highest BCUT2D eigenvalue weighted by molar-refractivity contribution is 5.93. The predicted molar refractivity (Wildman–Crippen MR) is 103 cm³/mol. The predicted octanol–water partition coefficient (Wildman–Crippen LogP) is 3.01. The lowest BCUT2D eigenvalue weighted by Gasteiger charge is -2.14. The van der Waals surface area contributed by atoms with E-state index in [2.05, 4.69) is 10.3 Å². The quantitative estimate of drug-likeness (QED) is 0.620. The largest absolute Gasteiger partial charge is 0.490 e. The van der Waals surface area contributed by atoms with E-state index in [0.29, 0.717) is 36.3 Å². The zero-order valence-corrected chi connectivity index (χ0v) is 15.3. The number of benzene rings is 1. The average molecular weight is 370 g/mol. The molecule has 0 spiro atoms. The Morgan fingerprint density at radius 3 is 2.81 bits per heavy atom. The molecule has 0 radical (unpaired) electrons. The van der Waals surface area contributed by atoms with Crippen LogP contribution in [0, 0.1) is 0 Å². The van der Waals surface area contributed by atoms with Crippen LogP contribution in [0.25, 0.3) is 10.9 Å². The van der Waals surface area contributed by atoms with Gasteiger partial charge in [-0.05, 0) is 18.2 Å². The summed E-state index contributed by atoms with van der Waals surface area (Å²) >= 11 is 0. The summed E-state index contributed by atoms with van der Waals surface area (Å²) in [5.41, 5.74) is 6.44. The lowest BCUT2D eigenvalue weighted by molar-refractivity contribution is 0.171. The van der Waals surface area contributed by atoms with Crippen molar-refractivity contribution in [3.05, 3.63) is 42.7 Å². The zero-order chi connectivity index (χ0) is 19.2. The molecule has 0 fully saturated rings. The molecule has 8 heteroatoms. The highest BCUT2D eigenvalue weighted by atomic mass is 16.5. The molecule has 0 aliphatic rings. The van der Waals surface area contributed by atoms with Crippen molar-refractivity contribution >= 4 is 22.8 Å². The molecule has 8 nitrogen and oxygen atoms in total. The molecule has 27 heavy (non-hydrogen) atoms. The summed E-state index contributed by atoms with van der Waals surface area (Å²) in [7, 11) is 3.23. The summed E-state index contributed by atoms with van der Waals surface area (Å²) in [6.07, 6.45) is 4.00. The maximum absolute atomic E-state index is 12.1. The number of rotatable bonds is 7. The molecule has 3 N–H and O–H groups in total. The van der Waals surface area contributed by atoms with Gasteiger partial charge >= 0.3 is 6.03 Å². The fourth-order valence-electron chi connectivity index (χ4n) is 2.64. The summed E-state index contributed by atoms with van der Waals surface area (Å²) in [6.45, 7) is 1.04. The molecule has 0 saturated carbocycles. The van der Waals surface area contributed by atoms with Crippen LogP contribution in [0.5, 0.6) is 17.2 Å². The summed E-state index contributed by atoms with van der Waals surface area (Å²) in [5.74, 6) is 1.97. The summed E-state index contributed by atoms with van der Waals surface area (Å²) in [5, 5.41) is 3.46. The molecule has 1 aromatic carbocycles. The van der Waals surface area contributed by atoms with Crippen LogP contribution >= 0.6 is 0 Å². The van der Waals surface area contributed by atoms with Crippen LogP contribution in [0.15, 0.2) is 42.7 Å². The van der Waals surface area contributed by atoms with Gasteiger partial charge in [0.1, 0.15) is 11.6 Å². The number of anilines is 1. The lowest BCUT2D eigenvalue weighted by atomic mass is 10.2. The van der Waals surface area contributed by atoms with Crippen molar-refractivity contribution in [1.82, 2.24) is 14.9 Å². The smallest absolute Gasteiger partial charge is 0.325 e. The van der Waals surface area contributed by atoms with Crippen LogP contribution in [0.3, 0.4) is 0 Å². The molecule has 0 atom stereocenters. The third-order valence-corrected chi connectivity index (χ3v) is 3.92. The van der Waals surface area contributed by atoms with E-state index in [1.54, 1.807) is 44.8 Å². The molecule has 0 bridgehead atoms. The number of nitrogens with two attached hydrogens (primary N) is 1. The van der Waals surface area contributed by atoms with E-state index >= 15 is 0 Å². The van der Waals surface area contributed by atoms with Crippen molar-refractivity contribution in [2.45, 2.75) is 6.42 Å². The van der Waals surface area contributed by atoms with Crippen molar-refractivity contribution in [1.29, 1.82) is 0 Å². The van der Waals surface area contributed by atoms with E-state index < -0.39 is 0 Å². The standard InChI is InChI=1S/C19H22N4O4/c1-21-19(24)23-7-5-13-10-17(27-14-4-6-22-18(20)11-14)16(12-15(13)23)26-9-3-8-25-2/h4-7,10-12H,3,8-9H2,1-2H3,(H2,20,22)(H,21,24). The van der Waals surface area contributed by atoms with Gasteiger partial charge in [0.2, 0.25) is 0 Å². The molecule has 0 aliphatic heterocycles. The van der Waals surface area contributed by atoms with Gasteiger partial charge in [-0.25, -0.2) is 9.78 Å². The van der Waals surface area contributed by atoms with Crippen LogP contribution in [-0.2, 0) is 4.74 Å². The van der Waals surface area contributed by atoms with Gasteiger partial charge in [-0.3, -0.25) is 4.57 Å². The SMILES string of the molecule is CNC(=O)n1ccc2cc(Oc3ccnc(N)c3)c(OCCCOC)cc21. The second-order valence-corrected chi connectivity index (χ2v) is 5.81. The van der Waals surface area contributed by atoms with Crippen molar-refractivity contribution in [3.63, 3.8) is 0 Å². The molecule has 0 unspecified atom stereocenters. The van der Waals surface area contributed by atoms with E-state index in [0.717, 1.165) is 17.3 Å². The molecule has 0 aliphatic carbocycles. The van der Waals surface area contributed by atoms with Crippen LogP contribution in [0.2, 0.25) is 0 Å². The Balaban J connectivity index is 1.97. The van der Waals surface area contributed by atoms with E-state index in [-0.39, 0.29) is 6.03 Å². The number of nitrogens with zero attached hydrogens (tertiary/aromatic N) is 2. The van der Waals surface area contributed by atoms with Crippen molar-refractivity contribution in [3.8, 4) is 17.2 Å². The minimum atomic E-state index is -0.231. The fraction of sp³-hybridized carbons (Fsp3) is 0.263. The molecule has 3 rings (SSSR count). The Morgan fingerprint density at radius 1 is 1.22 bits per heavy atom. The molecule has 0 saturated heterocycles. The first-order valence-corrected chi connectivity index (χ1v) is 8.50. The van der Waals surface area contributed by atoms with Crippen molar-refractivity contribution in [2.24, 2.45) is 0 Å². The summed E-state index contributed by atoms with van der Waals surface area (Å²) in [6, 6.07) is 8.58. The number of ether oxygens (including phenoxy) is 3. The Labute approximate surface area is 156 Å². The second-order valence-electron chi connectivity index (χ2n) is 5.81. The van der Waals surface area contributed by atoms with Crippen LogP contribution in [0.4, 0.5) is 10.6 Å². The molecule has 3 aromatic rings. The highest BCUT2D eigenvalue weighted by Gasteiger charge is 2.14. The first kappa shape index (κ1) is 18.5. The number of amides is 1. The van der Waals surface area contributed by atoms with Gasteiger partial charge in [-0.15, -0.1) is 0 Å². The molecule has 1 amide bonds. The number of aromatic nitrogens is 2. The Bertz CT molecular complexity index is 939. The van der Waals surface area contributed by atoms with Crippen molar-refractivity contribution < 1.29 is 19.0 Å². The summed E-state index contributed by atoms with van der Waals surface area (Å²) < 4.78 is 18.4. The van der Waals surface area contributed by atoms with E-state index in [4.69, 9.17) is 19.9 Å². The van der Waals surface area contributed by atoms with Gasteiger partial charge in [0.15, 0.2) is 11.5 Å². The monoisotopic (exact) mass is 370 g/mol. The number of carbonyl (C=O) groups is 1.